The Balaban J connectivity index is 1.73. The van der Waals surface area contributed by atoms with Crippen molar-refractivity contribution in [1.29, 1.82) is 0 Å². The number of amides is 1. The number of anilines is 1. The molecular formula is C21H24N2O3. The Hall–Kier alpha value is -2.53. The second-order valence-electron chi connectivity index (χ2n) is 6.66. The summed E-state index contributed by atoms with van der Waals surface area (Å²) in [6.07, 6.45) is 1.86. The van der Waals surface area contributed by atoms with Gasteiger partial charge in [0, 0.05) is 24.4 Å². The second kappa shape index (κ2) is 7.38. The van der Waals surface area contributed by atoms with Gasteiger partial charge in [-0.3, -0.25) is 4.79 Å². The van der Waals surface area contributed by atoms with Crippen LogP contribution < -0.4 is 10.1 Å². The summed E-state index contributed by atoms with van der Waals surface area (Å²) in [7, 11) is 0. The zero-order chi connectivity index (χ0) is 17.9. The maximum absolute atomic E-state index is 13.2. The van der Waals surface area contributed by atoms with E-state index in [-0.39, 0.29) is 18.2 Å². The number of nitrogens with zero attached hydrogens (tertiary/aromatic N) is 1. The van der Waals surface area contributed by atoms with E-state index in [1.165, 1.54) is 0 Å². The van der Waals surface area contributed by atoms with Gasteiger partial charge in [-0.2, -0.15) is 0 Å². The van der Waals surface area contributed by atoms with Crippen LogP contribution in [0.3, 0.4) is 0 Å². The van der Waals surface area contributed by atoms with Crippen molar-refractivity contribution in [2.45, 2.75) is 32.0 Å². The fraction of sp³-hybridized carbons (Fsp3) is 0.381. The van der Waals surface area contributed by atoms with Gasteiger partial charge in [0.1, 0.15) is 11.9 Å². The summed E-state index contributed by atoms with van der Waals surface area (Å²) >= 11 is 0. The molecule has 5 heteroatoms. The number of nitrogens with one attached hydrogen (secondary N) is 1. The van der Waals surface area contributed by atoms with Gasteiger partial charge in [0.25, 0.3) is 5.91 Å². The van der Waals surface area contributed by atoms with Crippen molar-refractivity contribution < 1.29 is 14.3 Å². The number of benzene rings is 2. The van der Waals surface area contributed by atoms with Crippen LogP contribution in [0.1, 0.15) is 41.9 Å². The molecule has 2 atom stereocenters. The number of carbonyl (C=O) groups is 1. The van der Waals surface area contributed by atoms with Gasteiger partial charge in [-0.05, 0) is 38.0 Å². The molecular weight excluding hydrogens is 328 g/mol. The molecule has 136 valence electrons. The Kier molecular flexibility index (Phi) is 4.80. The number of para-hydroxylation sites is 2. The average Bonchev–Trinajstić information content (AvgIpc) is 3.18. The van der Waals surface area contributed by atoms with Gasteiger partial charge in [0.05, 0.1) is 18.3 Å². The monoisotopic (exact) mass is 352 g/mol. The molecule has 4 rings (SSSR count). The third kappa shape index (κ3) is 3.15. The lowest BCUT2D eigenvalue weighted by atomic mass is 10.0. The molecule has 1 saturated heterocycles. The SMILES string of the molecule is CCOc1ccccc1C1Nc2ccccc2C(=O)N1CC1CCCO1. The fourth-order valence-corrected chi connectivity index (χ4v) is 3.73. The highest BCUT2D eigenvalue weighted by molar-refractivity contribution is 6.01. The molecule has 0 radical (unpaired) electrons. The van der Waals surface area contributed by atoms with Crippen LogP contribution in [0.25, 0.3) is 0 Å². The van der Waals surface area contributed by atoms with Gasteiger partial charge in [0.15, 0.2) is 0 Å². The molecule has 2 aliphatic rings. The summed E-state index contributed by atoms with van der Waals surface area (Å²) in [6, 6.07) is 15.6. The van der Waals surface area contributed by atoms with Gasteiger partial charge in [-0.1, -0.05) is 30.3 Å². The van der Waals surface area contributed by atoms with Gasteiger partial charge >= 0.3 is 0 Å². The molecule has 2 aromatic carbocycles. The van der Waals surface area contributed by atoms with Crippen LogP contribution in [0.5, 0.6) is 5.75 Å². The van der Waals surface area contributed by atoms with Crippen LogP contribution in [-0.4, -0.2) is 36.7 Å². The first-order chi connectivity index (χ1) is 12.8. The summed E-state index contributed by atoms with van der Waals surface area (Å²) in [5.74, 6) is 0.836. The average molecular weight is 352 g/mol. The molecule has 1 amide bonds. The summed E-state index contributed by atoms with van der Waals surface area (Å²) in [4.78, 5) is 15.1. The van der Waals surface area contributed by atoms with E-state index in [4.69, 9.17) is 9.47 Å². The van der Waals surface area contributed by atoms with Gasteiger partial charge < -0.3 is 19.7 Å². The largest absolute Gasteiger partial charge is 0.493 e. The minimum atomic E-state index is -0.274. The highest BCUT2D eigenvalue weighted by Crippen LogP contribution is 2.37. The fourth-order valence-electron chi connectivity index (χ4n) is 3.73. The molecule has 1 N–H and O–H groups in total. The van der Waals surface area contributed by atoms with E-state index < -0.39 is 0 Å². The molecule has 5 nitrogen and oxygen atoms in total. The standard InChI is InChI=1S/C21H24N2O3/c1-2-25-19-12-6-4-10-17(19)20-22-18-11-5-3-9-16(18)21(24)23(20)14-15-8-7-13-26-15/h3-6,9-12,15,20,22H,2,7-8,13-14H2,1H3. The first-order valence-corrected chi connectivity index (χ1v) is 9.27. The maximum atomic E-state index is 13.2. The first-order valence-electron chi connectivity index (χ1n) is 9.27. The van der Waals surface area contributed by atoms with Gasteiger partial charge in [-0.15, -0.1) is 0 Å². The van der Waals surface area contributed by atoms with Crippen molar-refractivity contribution >= 4 is 11.6 Å². The molecule has 26 heavy (non-hydrogen) atoms. The minimum absolute atomic E-state index is 0.0335. The van der Waals surface area contributed by atoms with Crippen molar-refractivity contribution in [1.82, 2.24) is 4.90 Å². The quantitative estimate of drug-likeness (QED) is 0.888. The molecule has 0 bridgehead atoms. The predicted octanol–water partition coefficient (Wildman–Crippen LogP) is 3.83. The Bertz CT molecular complexity index is 786. The number of hydrogen-bond acceptors (Lipinski definition) is 4. The van der Waals surface area contributed by atoms with Crippen LogP contribution in [0.4, 0.5) is 5.69 Å². The molecule has 1 fully saturated rings. The molecule has 0 aromatic heterocycles. The molecule has 0 aliphatic carbocycles. The summed E-state index contributed by atoms with van der Waals surface area (Å²) in [6.45, 7) is 3.90. The van der Waals surface area contributed by atoms with Crippen molar-refractivity contribution in [2.24, 2.45) is 0 Å². The first kappa shape index (κ1) is 16.9. The second-order valence-corrected chi connectivity index (χ2v) is 6.66. The third-order valence-corrected chi connectivity index (χ3v) is 4.96. The molecule has 2 aromatic rings. The highest BCUT2D eigenvalue weighted by atomic mass is 16.5. The van der Waals surface area contributed by atoms with Gasteiger partial charge in [-0.25, -0.2) is 0 Å². The molecule has 0 spiro atoms. The van der Waals surface area contributed by atoms with Crippen LogP contribution in [0.15, 0.2) is 48.5 Å². The Labute approximate surface area is 153 Å². The number of rotatable bonds is 5. The lowest BCUT2D eigenvalue weighted by Crippen LogP contribution is -2.46. The maximum Gasteiger partial charge on any atom is 0.257 e. The van der Waals surface area contributed by atoms with Crippen LogP contribution in [-0.2, 0) is 4.74 Å². The van der Waals surface area contributed by atoms with E-state index in [9.17, 15) is 4.79 Å². The van der Waals surface area contributed by atoms with E-state index >= 15 is 0 Å². The van der Waals surface area contributed by atoms with E-state index in [1.807, 2.05) is 60.4 Å². The minimum Gasteiger partial charge on any atom is -0.493 e. The topological polar surface area (TPSA) is 50.8 Å². The van der Waals surface area contributed by atoms with Crippen LogP contribution >= 0.6 is 0 Å². The predicted molar refractivity (Wildman–Crippen MR) is 100 cm³/mol. The lowest BCUT2D eigenvalue weighted by molar-refractivity contribution is 0.0424. The van der Waals surface area contributed by atoms with E-state index in [0.717, 1.165) is 36.4 Å². The Morgan fingerprint density at radius 2 is 2.00 bits per heavy atom. The molecule has 0 saturated carbocycles. The molecule has 2 aliphatic heterocycles. The zero-order valence-electron chi connectivity index (χ0n) is 15.0. The molecule has 2 heterocycles. The van der Waals surface area contributed by atoms with Crippen molar-refractivity contribution in [3.63, 3.8) is 0 Å². The molecule has 2 unspecified atom stereocenters. The lowest BCUT2D eigenvalue weighted by Gasteiger charge is -2.39. The van der Waals surface area contributed by atoms with Crippen molar-refractivity contribution in [2.75, 3.05) is 25.1 Å². The van der Waals surface area contributed by atoms with E-state index in [1.54, 1.807) is 0 Å². The van der Waals surface area contributed by atoms with Crippen LogP contribution in [0, 0.1) is 0 Å². The Morgan fingerprint density at radius 3 is 2.81 bits per heavy atom. The van der Waals surface area contributed by atoms with E-state index in [2.05, 4.69) is 5.32 Å². The van der Waals surface area contributed by atoms with E-state index in [0.29, 0.717) is 18.7 Å². The van der Waals surface area contributed by atoms with Gasteiger partial charge in [0.2, 0.25) is 0 Å². The van der Waals surface area contributed by atoms with Crippen molar-refractivity contribution in [3.05, 3.63) is 59.7 Å². The number of carbonyl (C=O) groups excluding carboxylic acids is 1. The summed E-state index contributed by atoms with van der Waals surface area (Å²) in [5.41, 5.74) is 2.53. The van der Waals surface area contributed by atoms with Crippen LogP contribution in [0.2, 0.25) is 0 Å². The smallest absolute Gasteiger partial charge is 0.257 e. The Morgan fingerprint density at radius 1 is 1.19 bits per heavy atom. The number of ether oxygens (including phenoxy) is 2. The normalized spacial score (nSPS) is 22.0. The number of fused-ring (bicyclic) bond motifs is 1. The summed E-state index contributed by atoms with van der Waals surface area (Å²) < 4.78 is 11.6. The third-order valence-electron chi connectivity index (χ3n) is 4.96. The number of hydrogen-bond donors (Lipinski definition) is 1. The highest BCUT2D eigenvalue weighted by Gasteiger charge is 2.36. The van der Waals surface area contributed by atoms with Crippen molar-refractivity contribution in [3.8, 4) is 5.75 Å². The zero-order valence-corrected chi connectivity index (χ0v) is 15.0. The summed E-state index contributed by atoms with van der Waals surface area (Å²) in [5, 5.41) is 3.54.